The molecule has 1 heterocycles. The first-order chi connectivity index (χ1) is 9.26. The lowest BCUT2D eigenvalue weighted by molar-refractivity contribution is -0.0989. The Morgan fingerprint density at radius 2 is 2.05 bits per heavy atom. The molecule has 1 N–H and O–H groups in total. The van der Waals surface area contributed by atoms with Crippen molar-refractivity contribution in [3.8, 4) is 0 Å². The van der Waals surface area contributed by atoms with E-state index in [9.17, 15) is 4.79 Å². The number of carbonyl (C=O) groups is 1. The van der Waals surface area contributed by atoms with Gasteiger partial charge in [0.25, 0.3) is 0 Å². The molecular formula is C15H30N2O3. The number of hydrogen-bond acceptors (Lipinski definition) is 4. The zero-order valence-corrected chi connectivity index (χ0v) is 13.6. The molecule has 1 rings (SSSR count). The first-order valence-corrected chi connectivity index (χ1v) is 7.52. The van der Waals surface area contributed by atoms with Gasteiger partial charge in [0.1, 0.15) is 5.60 Å². The molecule has 1 aliphatic rings. The molecule has 1 aliphatic heterocycles. The Hall–Kier alpha value is -0.810. The van der Waals surface area contributed by atoms with Crippen molar-refractivity contribution in [2.45, 2.75) is 46.6 Å². The lowest BCUT2D eigenvalue weighted by Gasteiger charge is -2.38. The maximum atomic E-state index is 11.9. The van der Waals surface area contributed by atoms with Crippen LogP contribution in [0.1, 0.15) is 41.0 Å². The molecule has 1 fully saturated rings. The quantitative estimate of drug-likeness (QED) is 0.729. The molecular weight excluding hydrogens is 256 g/mol. The zero-order chi connectivity index (χ0) is 15.2. The van der Waals surface area contributed by atoms with Crippen LogP contribution in [0.4, 0.5) is 4.79 Å². The van der Waals surface area contributed by atoms with Gasteiger partial charge in [-0.1, -0.05) is 6.92 Å². The summed E-state index contributed by atoms with van der Waals surface area (Å²) in [7, 11) is 0. The molecule has 0 radical (unpaired) electrons. The van der Waals surface area contributed by atoms with Crippen molar-refractivity contribution < 1.29 is 14.3 Å². The highest BCUT2D eigenvalue weighted by Crippen LogP contribution is 2.24. The van der Waals surface area contributed by atoms with Gasteiger partial charge in [0.15, 0.2) is 0 Å². The van der Waals surface area contributed by atoms with Crippen LogP contribution >= 0.6 is 0 Å². The molecule has 5 heteroatoms. The van der Waals surface area contributed by atoms with Gasteiger partial charge in [0, 0.05) is 25.0 Å². The summed E-state index contributed by atoms with van der Waals surface area (Å²) in [5.41, 5.74) is -0.128. The highest BCUT2D eigenvalue weighted by molar-refractivity contribution is 5.68. The third-order valence-corrected chi connectivity index (χ3v) is 3.27. The Labute approximate surface area is 123 Å². The van der Waals surface area contributed by atoms with Crippen LogP contribution in [-0.4, -0.2) is 56.0 Å². The summed E-state index contributed by atoms with van der Waals surface area (Å²) in [6.07, 6.45) is 0.712. The van der Waals surface area contributed by atoms with Crippen LogP contribution in [0.5, 0.6) is 0 Å². The number of hydrogen-bond donors (Lipinski definition) is 1. The molecule has 0 spiro atoms. The first kappa shape index (κ1) is 17.2. The van der Waals surface area contributed by atoms with E-state index in [0.29, 0.717) is 12.0 Å². The summed E-state index contributed by atoms with van der Waals surface area (Å²) in [6.45, 7) is 14.9. The molecule has 0 atom stereocenters. The van der Waals surface area contributed by atoms with Gasteiger partial charge in [-0.3, -0.25) is 0 Å². The molecule has 0 aromatic heterocycles. The van der Waals surface area contributed by atoms with Crippen LogP contribution in [0.2, 0.25) is 0 Å². The van der Waals surface area contributed by atoms with Gasteiger partial charge in [0.05, 0.1) is 13.2 Å². The topological polar surface area (TPSA) is 50.8 Å². The van der Waals surface area contributed by atoms with E-state index in [1.807, 2.05) is 27.7 Å². The van der Waals surface area contributed by atoms with Crippen LogP contribution in [0.3, 0.4) is 0 Å². The number of nitrogens with one attached hydrogen (secondary N) is 1. The summed E-state index contributed by atoms with van der Waals surface area (Å²) < 4.78 is 10.6. The van der Waals surface area contributed by atoms with E-state index in [0.717, 1.165) is 39.3 Å². The molecule has 1 saturated heterocycles. The van der Waals surface area contributed by atoms with Gasteiger partial charge in [-0.15, -0.1) is 0 Å². The van der Waals surface area contributed by atoms with E-state index in [1.54, 1.807) is 4.90 Å². The Morgan fingerprint density at radius 3 is 2.50 bits per heavy atom. The van der Waals surface area contributed by atoms with Gasteiger partial charge >= 0.3 is 6.09 Å². The minimum Gasteiger partial charge on any atom is -0.444 e. The normalized spacial score (nSPS) is 17.4. The van der Waals surface area contributed by atoms with Gasteiger partial charge in [-0.2, -0.15) is 0 Å². The highest BCUT2D eigenvalue weighted by Gasteiger charge is 2.32. The fraction of sp³-hybridized carbons (Fsp3) is 0.933. The van der Waals surface area contributed by atoms with Crippen molar-refractivity contribution in [3.05, 3.63) is 0 Å². The number of ether oxygens (including phenoxy) is 2. The van der Waals surface area contributed by atoms with Crippen LogP contribution in [0.15, 0.2) is 0 Å². The molecule has 0 aromatic carbocycles. The molecule has 0 aromatic rings. The maximum absolute atomic E-state index is 11.9. The predicted octanol–water partition coefficient (Wildman–Crippen LogP) is 2.26. The van der Waals surface area contributed by atoms with Crippen molar-refractivity contribution in [2.75, 3.05) is 39.4 Å². The molecule has 0 saturated carbocycles. The highest BCUT2D eigenvalue weighted by atomic mass is 16.6. The molecule has 5 nitrogen and oxygen atoms in total. The first-order valence-electron chi connectivity index (χ1n) is 7.52. The summed E-state index contributed by atoms with van der Waals surface area (Å²) in [5, 5.41) is 3.44. The van der Waals surface area contributed by atoms with E-state index in [-0.39, 0.29) is 6.09 Å². The summed E-state index contributed by atoms with van der Waals surface area (Å²) >= 11 is 0. The maximum Gasteiger partial charge on any atom is 0.410 e. The van der Waals surface area contributed by atoms with Crippen molar-refractivity contribution in [3.63, 3.8) is 0 Å². The second-order valence-corrected chi connectivity index (χ2v) is 6.89. The SMILES string of the molecule is CCN(CCCNCC1(C)COC1)C(=O)OC(C)(C)C. The van der Waals surface area contributed by atoms with Crippen LogP contribution in [-0.2, 0) is 9.47 Å². The Morgan fingerprint density at radius 1 is 1.40 bits per heavy atom. The lowest BCUT2D eigenvalue weighted by atomic mass is 9.89. The van der Waals surface area contributed by atoms with Crippen LogP contribution < -0.4 is 5.32 Å². The van der Waals surface area contributed by atoms with Gasteiger partial charge in [0.2, 0.25) is 0 Å². The van der Waals surface area contributed by atoms with Crippen molar-refractivity contribution >= 4 is 6.09 Å². The van der Waals surface area contributed by atoms with Gasteiger partial charge in [-0.25, -0.2) is 4.79 Å². The standard InChI is InChI=1S/C15H30N2O3/c1-6-17(13(18)20-14(2,3)4)9-7-8-16-10-15(5)11-19-12-15/h16H,6-12H2,1-5H3. The molecule has 0 aliphatic carbocycles. The second-order valence-electron chi connectivity index (χ2n) is 6.89. The Kier molecular flexibility index (Phi) is 6.27. The summed E-state index contributed by atoms with van der Waals surface area (Å²) in [4.78, 5) is 13.7. The predicted molar refractivity (Wildman–Crippen MR) is 79.9 cm³/mol. The van der Waals surface area contributed by atoms with Crippen LogP contribution in [0, 0.1) is 5.41 Å². The van der Waals surface area contributed by atoms with E-state index >= 15 is 0 Å². The number of nitrogens with zero attached hydrogens (tertiary/aromatic N) is 1. The smallest absolute Gasteiger partial charge is 0.410 e. The second kappa shape index (κ2) is 7.27. The lowest BCUT2D eigenvalue weighted by Crippen LogP contribution is -2.47. The van der Waals surface area contributed by atoms with Gasteiger partial charge < -0.3 is 19.7 Å². The number of rotatable bonds is 7. The van der Waals surface area contributed by atoms with Crippen LogP contribution in [0.25, 0.3) is 0 Å². The third-order valence-electron chi connectivity index (χ3n) is 3.27. The average molecular weight is 286 g/mol. The minimum absolute atomic E-state index is 0.223. The number of amides is 1. The van der Waals surface area contributed by atoms with Gasteiger partial charge in [-0.05, 0) is 40.7 Å². The van der Waals surface area contributed by atoms with E-state index < -0.39 is 5.60 Å². The van der Waals surface area contributed by atoms with Crippen molar-refractivity contribution in [2.24, 2.45) is 5.41 Å². The van der Waals surface area contributed by atoms with Crippen molar-refractivity contribution in [1.82, 2.24) is 10.2 Å². The molecule has 0 bridgehead atoms. The van der Waals surface area contributed by atoms with E-state index in [4.69, 9.17) is 9.47 Å². The van der Waals surface area contributed by atoms with Crippen molar-refractivity contribution in [1.29, 1.82) is 0 Å². The molecule has 118 valence electrons. The summed E-state index contributed by atoms with van der Waals surface area (Å²) in [5.74, 6) is 0. The monoisotopic (exact) mass is 286 g/mol. The molecule has 1 amide bonds. The largest absolute Gasteiger partial charge is 0.444 e. The Bertz CT molecular complexity index is 309. The Balaban J connectivity index is 2.16. The summed E-state index contributed by atoms with van der Waals surface area (Å²) in [6, 6.07) is 0. The fourth-order valence-corrected chi connectivity index (χ4v) is 2.04. The zero-order valence-electron chi connectivity index (χ0n) is 13.6. The molecule has 0 unspecified atom stereocenters. The van der Waals surface area contributed by atoms with E-state index in [1.165, 1.54) is 0 Å². The van der Waals surface area contributed by atoms with E-state index in [2.05, 4.69) is 12.2 Å². The number of carbonyl (C=O) groups excluding carboxylic acids is 1. The fourth-order valence-electron chi connectivity index (χ4n) is 2.04. The molecule has 20 heavy (non-hydrogen) atoms. The third kappa shape index (κ3) is 6.09. The minimum atomic E-state index is -0.429. The average Bonchev–Trinajstić information content (AvgIpc) is 2.29.